The number of aromatic nitrogens is 3. The van der Waals surface area contributed by atoms with Gasteiger partial charge in [-0.25, -0.2) is 4.99 Å². The molecule has 4 heterocycles. The van der Waals surface area contributed by atoms with E-state index in [4.69, 9.17) is 14.5 Å². The van der Waals surface area contributed by atoms with Crippen LogP contribution in [0.3, 0.4) is 0 Å². The summed E-state index contributed by atoms with van der Waals surface area (Å²) in [4.78, 5) is 7.40. The minimum absolute atomic E-state index is 0.186. The molecular weight excluding hydrogens is 380 g/mol. The summed E-state index contributed by atoms with van der Waals surface area (Å²) in [5.74, 6) is 3.68. The van der Waals surface area contributed by atoms with Gasteiger partial charge in [-0.1, -0.05) is 18.2 Å². The van der Waals surface area contributed by atoms with Gasteiger partial charge in [0.25, 0.3) is 0 Å². The van der Waals surface area contributed by atoms with Crippen LogP contribution < -0.4 is 10.1 Å². The highest BCUT2D eigenvalue weighted by Gasteiger charge is 2.42. The summed E-state index contributed by atoms with van der Waals surface area (Å²) in [6.07, 6.45) is 3.21. The van der Waals surface area contributed by atoms with Crippen molar-refractivity contribution in [1.82, 2.24) is 25.0 Å². The van der Waals surface area contributed by atoms with Crippen molar-refractivity contribution in [2.24, 2.45) is 17.5 Å². The van der Waals surface area contributed by atoms with Crippen molar-refractivity contribution in [1.29, 1.82) is 0 Å². The zero-order valence-corrected chi connectivity index (χ0v) is 17.8. The lowest BCUT2D eigenvalue weighted by molar-refractivity contribution is 0.156. The number of benzene rings is 1. The third-order valence-corrected chi connectivity index (χ3v) is 6.74. The molecule has 160 valence electrons. The van der Waals surface area contributed by atoms with Crippen LogP contribution in [0.4, 0.5) is 0 Å². The fourth-order valence-electron chi connectivity index (χ4n) is 4.71. The maximum atomic E-state index is 5.85. The van der Waals surface area contributed by atoms with Crippen molar-refractivity contribution < 1.29 is 9.47 Å². The molecule has 30 heavy (non-hydrogen) atoms. The van der Waals surface area contributed by atoms with Crippen LogP contribution in [0.5, 0.6) is 5.75 Å². The second kappa shape index (κ2) is 7.91. The summed E-state index contributed by atoms with van der Waals surface area (Å²) in [5.41, 5.74) is 1.47. The first-order valence-electron chi connectivity index (χ1n) is 10.8. The molecule has 0 saturated carbocycles. The SMILES string of the molecule is Cc1nnc(CN=C(NC2CCOc3ccccc32)N2CCC3(CCOC3)C2)n1C. The Morgan fingerprint density at radius 1 is 1.27 bits per heavy atom. The van der Waals surface area contributed by atoms with Crippen molar-refractivity contribution in [3.63, 3.8) is 0 Å². The van der Waals surface area contributed by atoms with Gasteiger partial charge in [-0.05, 0) is 25.8 Å². The highest BCUT2D eigenvalue weighted by Crippen LogP contribution is 2.39. The maximum absolute atomic E-state index is 5.85. The first-order valence-corrected chi connectivity index (χ1v) is 10.8. The van der Waals surface area contributed by atoms with Crippen LogP contribution in [-0.4, -0.2) is 58.5 Å². The Morgan fingerprint density at radius 3 is 2.97 bits per heavy atom. The van der Waals surface area contributed by atoms with Crippen LogP contribution in [0.25, 0.3) is 0 Å². The van der Waals surface area contributed by atoms with E-state index >= 15 is 0 Å². The molecule has 1 spiro atoms. The molecule has 8 heteroatoms. The largest absolute Gasteiger partial charge is 0.493 e. The van der Waals surface area contributed by atoms with Gasteiger partial charge in [0.05, 0.1) is 19.3 Å². The van der Waals surface area contributed by atoms with Gasteiger partial charge >= 0.3 is 0 Å². The van der Waals surface area contributed by atoms with Gasteiger partial charge < -0.3 is 24.3 Å². The molecule has 0 radical (unpaired) electrons. The highest BCUT2D eigenvalue weighted by molar-refractivity contribution is 5.81. The van der Waals surface area contributed by atoms with Crippen molar-refractivity contribution in [2.75, 3.05) is 32.9 Å². The minimum Gasteiger partial charge on any atom is -0.493 e. The van der Waals surface area contributed by atoms with Crippen LogP contribution in [0.1, 0.15) is 42.5 Å². The number of para-hydroxylation sites is 1. The molecule has 2 aromatic rings. The number of likely N-dealkylation sites (tertiary alicyclic amines) is 1. The van der Waals surface area contributed by atoms with E-state index in [1.165, 1.54) is 5.56 Å². The molecule has 1 aromatic carbocycles. The quantitative estimate of drug-likeness (QED) is 0.618. The number of aliphatic imine (C=N–C) groups is 1. The molecule has 2 atom stereocenters. The third-order valence-electron chi connectivity index (χ3n) is 6.74. The molecule has 0 amide bonds. The summed E-state index contributed by atoms with van der Waals surface area (Å²) in [6.45, 7) is 6.90. The lowest BCUT2D eigenvalue weighted by Gasteiger charge is -2.31. The van der Waals surface area contributed by atoms with E-state index in [1.807, 2.05) is 30.7 Å². The monoisotopic (exact) mass is 410 g/mol. The summed E-state index contributed by atoms with van der Waals surface area (Å²) in [7, 11) is 1.99. The van der Waals surface area contributed by atoms with Gasteiger partial charge in [0.1, 0.15) is 18.1 Å². The molecule has 3 aliphatic rings. The van der Waals surface area contributed by atoms with Gasteiger partial charge in [-0.15, -0.1) is 10.2 Å². The zero-order valence-electron chi connectivity index (χ0n) is 17.8. The summed E-state index contributed by atoms with van der Waals surface area (Å²) in [5, 5.41) is 12.2. The summed E-state index contributed by atoms with van der Waals surface area (Å²) >= 11 is 0. The lowest BCUT2D eigenvalue weighted by atomic mass is 9.87. The van der Waals surface area contributed by atoms with Gasteiger partial charge in [0.2, 0.25) is 0 Å². The van der Waals surface area contributed by atoms with E-state index in [0.29, 0.717) is 13.2 Å². The van der Waals surface area contributed by atoms with Gasteiger partial charge in [-0.3, -0.25) is 0 Å². The number of fused-ring (bicyclic) bond motifs is 1. The molecule has 2 saturated heterocycles. The Labute approximate surface area is 177 Å². The summed E-state index contributed by atoms with van der Waals surface area (Å²) in [6, 6.07) is 8.47. The van der Waals surface area contributed by atoms with Crippen LogP contribution in [0, 0.1) is 12.3 Å². The predicted octanol–water partition coefficient (Wildman–Crippen LogP) is 2.21. The van der Waals surface area contributed by atoms with Gasteiger partial charge in [0, 0.05) is 44.1 Å². The van der Waals surface area contributed by atoms with Crippen LogP contribution >= 0.6 is 0 Å². The van der Waals surface area contributed by atoms with Crippen LogP contribution in [0.15, 0.2) is 29.3 Å². The number of hydrogen-bond donors (Lipinski definition) is 1. The second-order valence-corrected chi connectivity index (χ2v) is 8.71. The molecule has 2 fully saturated rings. The average Bonchev–Trinajstić information content (AvgIpc) is 3.49. The summed E-state index contributed by atoms with van der Waals surface area (Å²) < 4.78 is 13.6. The van der Waals surface area contributed by atoms with Gasteiger partial charge in [0.15, 0.2) is 11.8 Å². The number of nitrogens with one attached hydrogen (secondary N) is 1. The molecule has 2 unspecified atom stereocenters. The van der Waals surface area contributed by atoms with E-state index in [9.17, 15) is 0 Å². The average molecular weight is 411 g/mol. The molecule has 3 aliphatic heterocycles. The van der Waals surface area contributed by atoms with Crippen molar-refractivity contribution in [3.05, 3.63) is 41.5 Å². The third kappa shape index (κ3) is 3.64. The van der Waals surface area contributed by atoms with Crippen molar-refractivity contribution in [2.45, 2.75) is 38.8 Å². The fourth-order valence-corrected chi connectivity index (χ4v) is 4.71. The molecular formula is C22H30N6O2. The van der Waals surface area contributed by atoms with Gasteiger partial charge in [-0.2, -0.15) is 0 Å². The van der Waals surface area contributed by atoms with E-state index in [-0.39, 0.29) is 11.5 Å². The van der Waals surface area contributed by atoms with Crippen LogP contribution in [0.2, 0.25) is 0 Å². The van der Waals surface area contributed by atoms with Crippen LogP contribution in [-0.2, 0) is 18.3 Å². The number of aryl methyl sites for hydroxylation is 1. The minimum atomic E-state index is 0.186. The van der Waals surface area contributed by atoms with E-state index in [0.717, 1.165) is 68.9 Å². The first-order chi connectivity index (χ1) is 14.6. The molecule has 5 rings (SSSR count). The number of hydrogen-bond acceptors (Lipinski definition) is 5. The highest BCUT2D eigenvalue weighted by atomic mass is 16.5. The molecule has 0 bridgehead atoms. The van der Waals surface area contributed by atoms with E-state index in [2.05, 4.69) is 32.5 Å². The number of guanidine groups is 1. The fraction of sp³-hybridized carbons (Fsp3) is 0.591. The normalized spacial score (nSPS) is 26.1. The molecule has 0 aliphatic carbocycles. The second-order valence-electron chi connectivity index (χ2n) is 8.71. The molecule has 8 nitrogen and oxygen atoms in total. The Balaban J connectivity index is 1.40. The standard InChI is InChI=1S/C22H30N6O2/c1-16-25-26-20(27(16)2)13-23-21(28-10-8-22(14-28)9-12-29-15-22)24-18-7-11-30-19-6-4-3-5-17(18)19/h3-6,18H,7-15H2,1-2H3,(H,23,24). The van der Waals surface area contributed by atoms with E-state index in [1.54, 1.807) is 0 Å². The van der Waals surface area contributed by atoms with E-state index < -0.39 is 0 Å². The number of rotatable bonds is 3. The predicted molar refractivity (Wildman–Crippen MR) is 113 cm³/mol. The number of ether oxygens (including phenoxy) is 2. The Morgan fingerprint density at radius 2 is 2.17 bits per heavy atom. The number of nitrogens with zero attached hydrogens (tertiary/aromatic N) is 5. The first kappa shape index (κ1) is 19.4. The topological polar surface area (TPSA) is 76.8 Å². The maximum Gasteiger partial charge on any atom is 0.194 e. The zero-order chi connectivity index (χ0) is 20.6. The van der Waals surface area contributed by atoms with Crippen molar-refractivity contribution >= 4 is 5.96 Å². The Bertz CT molecular complexity index is 933. The molecule has 1 aromatic heterocycles. The molecule has 1 N–H and O–H groups in total. The van der Waals surface area contributed by atoms with Crippen molar-refractivity contribution in [3.8, 4) is 5.75 Å². The Kier molecular flexibility index (Phi) is 5.10. The lowest BCUT2D eigenvalue weighted by Crippen LogP contribution is -2.44. The smallest absolute Gasteiger partial charge is 0.194 e. The Hall–Kier alpha value is -2.61.